The van der Waals surface area contributed by atoms with Crippen molar-refractivity contribution < 1.29 is 9.59 Å². The van der Waals surface area contributed by atoms with E-state index in [-0.39, 0.29) is 24.0 Å². The van der Waals surface area contributed by atoms with Gasteiger partial charge in [-0.3, -0.25) is 4.79 Å². The van der Waals surface area contributed by atoms with Crippen molar-refractivity contribution in [2.24, 2.45) is 0 Å². The predicted octanol–water partition coefficient (Wildman–Crippen LogP) is 1.01. The third-order valence-corrected chi connectivity index (χ3v) is 3.96. The molecule has 1 atom stereocenters. The lowest BCUT2D eigenvalue weighted by atomic mass is 10.2. The van der Waals surface area contributed by atoms with E-state index in [1.165, 1.54) is 0 Å². The Morgan fingerprint density at radius 3 is 2.91 bits per heavy atom. The summed E-state index contributed by atoms with van der Waals surface area (Å²) in [6.07, 6.45) is 2.98. The maximum absolute atomic E-state index is 12.3. The molecule has 2 rings (SSSR count). The standard InChI is InChI=1S/C15H26N6O2/c1-5-6-20-8-12(7-14(20)22)17-15(23)19(4)9-13-18-16-10-21(13)11(2)3/h10-12H,5-9H2,1-4H3,(H,17,23)/t12-/m0/s1. The van der Waals surface area contributed by atoms with Crippen molar-refractivity contribution in [2.45, 2.75) is 52.2 Å². The summed E-state index contributed by atoms with van der Waals surface area (Å²) in [4.78, 5) is 27.5. The Hall–Kier alpha value is -2.12. The van der Waals surface area contributed by atoms with Gasteiger partial charge in [-0.15, -0.1) is 10.2 Å². The number of hydrogen-bond acceptors (Lipinski definition) is 4. The number of urea groups is 1. The fraction of sp³-hybridized carbons (Fsp3) is 0.733. The number of hydrogen-bond donors (Lipinski definition) is 1. The summed E-state index contributed by atoms with van der Waals surface area (Å²) in [6, 6.07) is -0.0714. The van der Waals surface area contributed by atoms with E-state index < -0.39 is 0 Å². The lowest BCUT2D eigenvalue weighted by molar-refractivity contribution is -0.127. The van der Waals surface area contributed by atoms with E-state index in [1.54, 1.807) is 23.2 Å². The van der Waals surface area contributed by atoms with E-state index in [4.69, 9.17) is 0 Å². The van der Waals surface area contributed by atoms with Crippen LogP contribution in [0.25, 0.3) is 0 Å². The van der Waals surface area contributed by atoms with Gasteiger partial charge in [0.05, 0.1) is 12.6 Å². The second kappa shape index (κ2) is 7.43. The van der Waals surface area contributed by atoms with E-state index in [1.807, 2.05) is 25.3 Å². The van der Waals surface area contributed by atoms with Crippen LogP contribution in [-0.2, 0) is 11.3 Å². The van der Waals surface area contributed by atoms with Crippen LogP contribution in [-0.4, -0.2) is 62.7 Å². The molecule has 1 aliphatic heterocycles. The van der Waals surface area contributed by atoms with Gasteiger partial charge in [-0.1, -0.05) is 6.92 Å². The number of nitrogens with zero attached hydrogens (tertiary/aromatic N) is 5. The molecule has 1 N–H and O–H groups in total. The zero-order chi connectivity index (χ0) is 17.0. The Morgan fingerprint density at radius 1 is 1.52 bits per heavy atom. The smallest absolute Gasteiger partial charge is 0.317 e. The fourth-order valence-electron chi connectivity index (χ4n) is 2.73. The zero-order valence-corrected chi connectivity index (χ0v) is 14.3. The van der Waals surface area contributed by atoms with Gasteiger partial charge in [0.1, 0.15) is 6.33 Å². The molecule has 1 aromatic heterocycles. The molecule has 1 aromatic rings. The van der Waals surface area contributed by atoms with Crippen LogP contribution in [0.2, 0.25) is 0 Å². The van der Waals surface area contributed by atoms with Gasteiger partial charge in [0.2, 0.25) is 5.91 Å². The third kappa shape index (κ3) is 4.20. The van der Waals surface area contributed by atoms with Crippen LogP contribution in [0.4, 0.5) is 4.79 Å². The molecule has 1 saturated heterocycles. The van der Waals surface area contributed by atoms with Crippen LogP contribution >= 0.6 is 0 Å². The van der Waals surface area contributed by atoms with Crippen LogP contribution in [0.3, 0.4) is 0 Å². The Balaban J connectivity index is 1.88. The molecular formula is C15H26N6O2. The summed E-state index contributed by atoms with van der Waals surface area (Å²) in [7, 11) is 1.72. The Bertz CT molecular complexity index is 556. The largest absolute Gasteiger partial charge is 0.341 e. The summed E-state index contributed by atoms with van der Waals surface area (Å²) in [5.41, 5.74) is 0. The number of nitrogens with one attached hydrogen (secondary N) is 1. The van der Waals surface area contributed by atoms with Crippen molar-refractivity contribution in [3.63, 3.8) is 0 Å². The fourth-order valence-corrected chi connectivity index (χ4v) is 2.73. The van der Waals surface area contributed by atoms with E-state index in [0.29, 0.717) is 19.5 Å². The van der Waals surface area contributed by atoms with Gasteiger partial charge in [0, 0.05) is 32.6 Å². The molecule has 0 aliphatic carbocycles. The molecule has 0 aromatic carbocycles. The van der Waals surface area contributed by atoms with Crippen LogP contribution in [0.15, 0.2) is 6.33 Å². The van der Waals surface area contributed by atoms with Crippen LogP contribution in [0.5, 0.6) is 0 Å². The molecule has 0 unspecified atom stereocenters. The minimum absolute atomic E-state index is 0.111. The third-order valence-electron chi connectivity index (χ3n) is 3.96. The quantitative estimate of drug-likeness (QED) is 0.847. The summed E-state index contributed by atoms with van der Waals surface area (Å²) in [6.45, 7) is 7.84. The highest BCUT2D eigenvalue weighted by Crippen LogP contribution is 2.12. The molecular weight excluding hydrogens is 296 g/mol. The first-order valence-electron chi connectivity index (χ1n) is 8.10. The van der Waals surface area contributed by atoms with Gasteiger partial charge >= 0.3 is 6.03 Å². The van der Waals surface area contributed by atoms with E-state index in [9.17, 15) is 9.59 Å². The highest BCUT2D eigenvalue weighted by atomic mass is 16.2. The molecule has 0 radical (unpaired) electrons. The summed E-state index contributed by atoms with van der Waals surface area (Å²) < 4.78 is 1.94. The van der Waals surface area contributed by atoms with Gasteiger partial charge in [0.25, 0.3) is 0 Å². The molecule has 2 heterocycles. The van der Waals surface area contributed by atoms with Crippen molar-refractivity contribution in [3.8, 4) is 0 Å². The highest BCUT2D eigenvalue weighted by Gasteiger charge is 2.30. The first-order chi connectivity index (χ1) is 10.9. The Kier molecular flexibility index (Phi) is 5.57. The van der Waals surface area contributed by atoms with E-state index in [2.05, 4.69) is 15.5 Å². The van der Waals surface area contributed by atoms with Crippen LogP contribution < -0.4 is 5.32 Å². The zero-order valence-electron chi connectivity index (χ0n) is 14.3. The lowest BCUT2D eigenvalue weighted by Gasteiger charge is -2.21. The highest BCUT2D eigenvalue weighted by molar-refractivity contribution is 5.81. The summed E-state index contributed by atoms with van der Waals surface area (Å²) >= 11 is 0. The molecule has 0 bridgehead atoms. The number of amides is 3. The van der Waals surface area contributed by atoms with Gasteiger partial charge in [-0.2, -0.15) is 0 Å². The Labute approximate surface area is 136 Å². The Morgan fingerprint density at radius 2 is 2.26 bits per heavy atom. The van der Waals surface area contributed by atoms with E-state index >= 15 is 0 Å². The second-order valence-corrected chi connectivity index (χ2v) is 6.29. The van der Waals surface area contributed by atoms with Gasteiger partial charge in [0.15, 0.2) is 5.82 Å². The minimum Gasteiger partial charge on any atom is -0.341 e. The minimum atomic E-state index is -0.195. The molecule has 23 heavy (non-hydrogen) atoms. The maximum Gasteiger partial charge on any atom is 0.317 e. The molecule has 0 spiro atoms. The van der Waals surface area contributed by atoms with Gasteiger partial charge < -0.3 is 19.7 Å². The molecule has 0 saturated carbocycles. The molecule has 8 nitrogen and oxygen atoms in total. The van der Waals surface area contributed by atoms with Crippen LogP contribution in [0.1, 0.15) is 45.5 Å². The number of rotatable bonds is 6. The van der Waals surface area contributed by atoms with Crippen molar-refractivity contribution in [1.29, 1.82) is 0 Å². The molecule has 128 valence electrons. The maximum atomic E-state index is 12.3. The predicted molar refractivity (Wildman–Crippen MR) is 85.7 cm³/mol. The normalized spacial score (nSPS) is 17.9. The average molecular weight is 322 g/mol. The number of carbonyl (C=O) groups is 2. The summed E-state index contributed by atoms with van der Waals surface area (Å²) in [5.74, 6) is 0.854. The topological polar surface area (TPSA) is 83.4 Å². The average Bonchev–Trinajstić information content (AvgIpc) is 3.07. The molecule has 1 aliphatic rings. The van der Waals surface area contributed by atoms with Crippen molar-refractivity contribution in [1.82, 2.24) is 29.9 Å². The summed E-state index contributed by atoms with van der Waals surface area (Å²) in [5, 5.41) is 10.9. The lowest BCUT2D eigenvalue weighted by Crippen LogP contribution is -2.44. The van der Waals surface area contributed by atoms with Crippen molar-refractivity contribution >= 4 is 11.9 Å². The van der Waals surface area contributed by atoms with Gasteiger partial charge in [-0.05, 0) is 20.3 Å². The number of carbonyl (C=O) groups excluding carboxylic acids is 2. The number of aromatic nitrogens is 3. The second-order valence-electron chi connectivity index (χ2n) is 6.29. The molecule has 1 fully saturated rings. The van der Waals surface area contributed by atoms with Crippen molar-refractivity contribution in [3.05, 3.63) is 12.2 Å². The first kappa shape index (κ1) is 17.2. The van der Waals surface area contributed by atoms with Gasteiger partial charge in [-0.25, -0.2) is 4.79 Å². The molecule has 3 amide bonds. The SMILES string of the molecule is CCCN1C[C@@H](NC(=O)N(C)Cc2nncn2C(C)C)CC1=O. The molecule has 8 heteroatoms. The van der Waals surface area contributed by atoms with Crippen LogP contribution in [0, 0.1) is 0 Å². The monoisotopic (exact) mass is 322 g/mol. The number of likely N-dealkylation sites (tertiary alicyclic amines) is 1. The van der Waals surface area contributed by atoms with Crippen molar-refractivity contribution in [2.75, 3.05) is 20.1 Å². The first-order valence-corrected chi connectivity index (χ1v) is 8.10. The van der Waals surface area contributed by atoms with E-state index in [0.717, 1.165) is 18.8 Å².